The highest BCUT2D eigenvalue weighted by atomic mass is 16.2. The number of hydrogen-bond acceptors (Lipinski definition) is 2. The number of carbonyl (C=O) groups excluding carboxylic acids is 2. The van der Waals surface area contributed by atoms with Crippen molar-refractivity contribution in [3.8, 4) is 0 Å². The Morgan fingerprint density at radius 3 is 2.47 bits per heavy atom. The summed E-state index contributed by atoms with van der Waals surface area (Å²) < 4.78 is 0. The fourth-order valence-electron chi connectivity index (χ4n) is 2.18. The topological polar surface area (TPSA) is 37.4 Å². The van der Waals surface area contributed by atoms with Crippen LogP contribution in [0.4, 0.5) is 0 Å². The number of ketones is 1. The van der Waals surface area contributed by atoms with E-state index in [0.29, 0.717) is 18.5 Å². The van der Waals surface area contributed by atoms with Gasteiger partial charge in [0.1, 0.15) is 0 Å². The van der Waals surface area contributed by atoms with Gasteiger partial charge in [-0.3, -0.25) is 9.59 Å². The minimum Gasteiger partial charge on any atom is -0.333 e. The molecule has 1 aliphatic rings. The molecule has 1 unspecified atom stereocenters. The standard InChI is InChI=1S/C14H17NO2/c1-10-5-7-12(8-6-10)14(17)11(2)15-9-3-4-13(15)16/h5-8,11H,3-4,9H2,1-2H3. The van der Waals surface area contributed by atoms with Gasteiger partial charge in [-0.1, -0.05) is 29.8 Å². The second-order valence-electron chi connectivity index (χ2n) is 4.60. The van der Waals surface area contributed by atoms with Crippen molar-refractivity contribution >= 4 is 11.7 Å². The summed E-state index contributed by atoms with van der Waals surface area (Å²) in [5, 5.41) is 0. The van der Waals surface area contributed by atoms with E-state index in [-0.39, 0.29) is 17.7 Å². The van der Waals surface area contributed by atoms with Crippen molar-refractivity contribution in [2.24, 2.45) is 0 Å². The van der Waals surface area contributed by atoms with Gasteiger partial charge in [0, 0.05) is 18.5 Å². The van der Waals surface area contributed by atoms with E-state index in [0.717, 1.165) is 12.0 Å². The third-order valence-corrected chi connectivity index (χ3v) is 3.29. The van der Waals surface area contributed by atoms with Crippen LogP contribution in [-0.2, 0) is 4.79 Å². The highest BCUT2D eigenvalue weighted by Crippen LogP contribution is 2.17. The molecule has 0 radical (unpaired) electrons. The van der Waals surface area contributed by atoms with E-state index >= 15 is 0 Å². The maximum Gasteiger partial charge on any atom is 0.223 e. The second kappa shape index (κ2) is 4.70. The summed E-state index contributed by atoms with van der Waals surface area (Å²) >= 11 is 0. The molecule has 0 aliphatic carbocycles. The molecule has 1 aliphatic heterocycles. The van der Waals surface area contributed by atoms with Gasteiger partial charge in [-0.05, 0) is 20.3 Å². The molecule has 1 aromatic rings. The first kappa shape index (κ1) is 11.8. The summed E-state index contributed by atoms with van der Waals surface area (Å²) in [4.78, 5) is 25.5. The van der Waals surface area contributed by atoms with Crippen LogP contribution >= 0.6 is 0 Å². The second-order valence-corrected chi connectivity index (χ2v) is 4.60. The molecule has 0 saturated carbocycles. The van der Waals surface area contributed by atoms with Crippen molar-refractivity contribution in [2.45, 2.75) is 32.7 Å². The van der Waals surface area contributed by atoms with E-state index in [1.54, 1.807) is 4.90 Å². The van der Waals surface area contributed by atoms with E-state index in [9.17, 15) is 9.59 Å². The molecule has 2 rings (SSSR count). The molecule has 0 aromatic heterocycles. The lowest BCUT2D eigenvalue weighted by Gasteiger charge is -2.23. The molecule has 0 spiro atoms. The number of benzene rings is 1. The third kappa shape index (κ3) is 2.38. The Bertz CT molecular complexity index is 436. The molecule has 1 fully saturated rings. The number of amides is 1. The first-order valence-electron chi connectivity index (χ1n) is 6.00. The average molecular weight is 231 g/mol. The number of nitrogens with zero attached hydrogens (tertiary/aromatic N) is 1. The number of likely N-dealkylation sites (tertiary alicyclic amines) is 1. The number of rotatable bonds is 3. The van der Waals surface area contributed by atoms with Crippen LogP contribution in [0.25, 0.3) is 0 Å². The number of hydrogen-bond donors (Lipinski definition) is 0. The molecule has 90 valence electrons. The van der Waals surface area contributed by atoms with E-state index in [1.165, 1.54) is 0 Å². The number of carbonyl (C=O) groups is 2. The van der Waals surface area contributed by atoms with E-state index in [4.69, 9.17) is 0 Å². The minimum absolute atomic E-state index is 0.0280. The van der Waals surface area contributed by atoms with Crippen LogP contribution in [0.1, 0.15) is 35.7 Å². The van der Waals surface area contributed by atoms with Crippen molar-refractivity contribution < 1.29 is 9.59 Å². The highest BCUT2D eigenvalue weighted by molar-refractivity contribution is 6.01. The normalized spacial score (nSPS) is 17.3. The Balaban J connectivity index is 2.14. The molecular weight excluding hydrogens is 214 g/mol. The summed E-state index contributed by atoms with van der Waals surface area (Å²) in [5.41, 5.74) is 1.81. The van der Waals surface area contributed by atoms with Crippen LogP contribution in [0.15, 0.2) is 24.3 Å². The van der Waals surface area contributed by atoms with Gasteiger partial charge in [0.25, 0.3) is 0 Å². The van der Waals surface area contributed by atoms with E-state index < -0.39 is 0 Å². The Kier molecular flexibility index (Phi) is 3.27. The Labute approximate surface area is 101 Å². The van der Waals surface area contributed by atoms with E-state index in [2.05, 4.69) is 0 Å². The van der Waals surface area contributed by atoms with Gasteiger partial charge in [-0.2, -0.15) is 0 Å². The first-order chi connectivity index (χ1) is 8.09. The Morgan fingerprint density at radius 2 is 1.94 bits per heavy atom. The third-order valence-electron chi connectivity index (χ3n) is 3.29. The van der Waals surface area contributed by atoms with Crippen molar-refractivity contribution in [2.75, 3.05) is 6.54 Å². The summed E-state index contributed by atoms with van der Waals surface area (Å²) in [5.74, 6) is 0.123. The van der Waals surface area contributed by atoms with Crippen LogP contribution < -0.4 is 0 Å². The predicted molar refractivity (Wildman–Crippen MR) is 65.9 cm³/mol. The largest absolute Gasteiger partial charge is 0.333 e. The summed E-state index contributed by atoms with van der Waals surface area (Å²) in [7, 11) is 0. The Morgan fingerprint density at radius 1 is 1.29 bits per heavy atom. The lowest BCUT2D eigenvalue weighted by molar-refractivity contribution is -0.128. The van der Waals surface area contributed by atoms with Crippen molar-refractivity contribution in [1.29, 1.82) is 0 Å². The molecule has 1 saturated heterocycles. The number of aryl methyl sites for hydroxylation is 1. The minimum atomic E-state index is -0.340. The van der Waals surface area contributed by atoms with E-state index in [1.807, 2.05) is 38.1 Å². The molecule has 3 heteroatoms. The molecule has 1 heterocycles. The van der Waals surface area contributed by atoms with Crippen molar-refractivity contribution in [3.05, 3.63) is 35.4 Å². The monoisotopic (exact) mass is 231 g/mol. The van der Waals surface area contributed by atoms with Gasteiger partial charge in [-0.15, -0.1) is 0 Å². The number of Topliss-reactive ketones (excluding diaryl/α,β-unsaturated/α-hetero) is 1. The van der Waals surface area contributed by atoms with Crippen LogP contribution in [0.5, 0.6) is 0 Å². The van der Waals surface area contributed by atoms with Gasteiger partial charge in [-0.25, -0.2) is 0 Å². The quantitative estimate of drug-likeness (QED) is 0.748. The lowest BCUT2D eigenvalue weighted by Crippen LogP contribution is -2.39. The maximum absolute atomic E-state index is 12.2. The van der Waals surface area contributed by atoms with Gasteiger partial charge in [0.05, 0.1) is 6.04 Å². The van der Waals surface area contributed by atoms with Crippen LogP contribution in [0.2, 0.25) is 0 Å². The van der Waals surface area contributed by atoms with Gasteiger partial charge < -0.3 is 4.90 Å². The smallest absolute Gasteiger partial charge is 0.223 e. The molecule has 0 N–H and O–H groups in total. The molecular formula is C14H17NO2. The van der Waals surface area contributed by atoms with Crippen molar-refractivity contribution in [3.63, 3.8) is 0 Å². The fourth-order valence-corrected chi connectivity index (χ4v) is 2.18. The molecule has 0 bridgehead atoms. The average Bonchev–Trinajstić information content (AvgIpc) is 2.74. The van der Waals surface area contributed by atoms with Gasteiger partial charge in [0.15, 0.2) is 5.78 Å². The zero-order chi connectivity index (χ0) is 12.4. The van der Waals surface area contributed by atoms with Crippen LogP contribution in [-0.4, -0.2) is 29.2 Å². The molecule has 3 nitrogen and oxygen atoms in total. The van der Waals surface area contributed by atoms with Gasteiger partial charge in [0.2, 0.25) is 5.91 Å². The Hall–Kier alpha value is -1.64. The fraction of sp³-hybridized carbons (Fsp3) is 0.429. The lowest BCUT2D eigenvalue weighted by atomic mass is 10.0. The molecule has 1 amide bonds. The summed E-state index contributed by atoms with van der Waals surface area (Å²) in [6.07, 6.45) is 1.44. The molecule has 1 aromatic carbocycles. The summed E-state index contributed by atoms with van der Waals surface area (Å²) in [6.45, 7) is 4.50. The molecule has 17 heavy (non-hydrogen) atoms. The first-order valence-corrected chi connectivity index (χ1v) is 6.00. The van der Waals surface area contributed by atoms with Crippen LogP contribution in [0, 0.1) is 6.92 Å². The van der Waals surface area contributed by atoms with Gasteiger partial charge >= 0.3 is 0 Å². The predicted octanol–water partition coefficient (Wildman–Crippen LogP) is 2.19. The van der Waals surface area contributed by atoms with Crippen LogP contribution in [0.3, 0.4) is 0 Å². The SMILES string of the molecule is Cc1ccc(C(=O)C(C)N2CCCC2=O)cc1. The zero-order valence-corrected chi connectivity index (χ0v) is 10.3. The van der Waals surface area contributed by atoms with Crippen molar-refractivity contribution in [1.82, 2.24) is 4.90 Å². The highest BCUT2D eigenvalue weighted by Gasteiger charge is 2.29. The molecule has 1 atom stereocenters. The zero-order valence-electron chi connectivity index (χ0n) is 10.3. The maximum atomic E-state index is 12.2. The summed E-state index contributed by atoms with van der Waals surface area (Å²) in [6, 6.07) is 7.16.